The Bertz CT molecular complexity index is 1180. The average molecular weight is 462 g/mol. The Morgan fingerprint density at radius 2 is 1.93 bits per heavy atom. The van der Waals surface area contributed by atoms with Gasteiger partial charge in [0.25, 0.3) is 0 Å². The molecule has 2 aromatic heterocycles. The number of ether oxygens (including phenoxy) is 1. The SMILES string of the molecule is CCc1noc(CSc2nnc(-c3cccc(Cl)c3)n2-c2cc(Cl)ccc2OC)n1. The number of hydrogen-bond acceptors (Lipinski definition) is 7. The number of thioether (sulfide) groups is 1. The number of rotatable bonds is 7. The normalized spacial score (nSPS) is 11.1. The minimum absolute atomic E-state index is 0.448. The Hall–Kier alpha value is -2.55. The first kappa shape index (κ1) is 20.7. The minimum atomic E-state index is 0.448. The lowest BCUT2D eigenvalue weighted by Crippen LogP contribution is -2.02. The number of aryl methyl sites for hydroxylation is 1. The smallest absolute Gasteiger partial charge is 0.237 e. The first-order valence-electron chi connectivity index (χ1n) is 9.08. The first-order valence-corrected chi connectivity index (χ1v) is 10.8. The molecule has 2 heterocycles. The number of aromatic nitrogens is 5. The van der Waals surface area contributed by atoms with Gasteiger partial charge >= 0.3 is 0 Å². The van der Waals surface area contributed by atoms with Gasteiger partial charge in [-0.25, -0.2) is 0 Å². The maximum atomic E-state index is 6.29. The summed E-state index contributed by atoms with van der Waals surface area (Å²) in [5.74, 6) is 2.89. The molecular formula is C20H17Cl2N5O2S. The van der Waals surface area contributed by atoms with Crippen molar-refractivity contribution in [3.8, 4) is 22.8 Å². The Kier molecular flexibility index (Phi) is 6.26. The van der Waals surface area contributed by atoms with Gasteiger partial charge < -0.3 is 9.26 Å². The molecule has 10 heteroatoms. The number of nitrogens with zero attached hydrogens (tertiary/aromatic N) is 5. The van der Waals surface area contributed by atoms with Crippen LogP contribution >= 0.6 is 35.0 Å². The van der Waals surface area contributed by atoms with Crippen LogP contribution in [0.1, 0.15) is 18.6 Å². The third-order valence-electron chi connectivity index (χ3n) is 4.25. The Labute approximate surface area is 187 Å². The van der Waals surface area contributed by atoms with Gasteiger partial charge in [-0.3, -0.25) is 4.57 Å². The molecule has 0 fully saturated rings. The summed E-state index contributed by atoms with van der Waals surface area (Å²) in [5, 5.41) is 14.5. The van der Waals surface area contributed by atoms with E-state index in [0.29, 0.717) is 56.4 Å². The summed E-state index contributed by atoms with van der Waals surface area (Å²) in [6.45, 7) is 1.97. The van der Waals surface area contributed by atoms with Crippen molar-refractivity contribution in [3.05, 3.63) is 64.2 Å². The molecule has 2 aromatic carbocycles. The van der Waals surface area contributed by atoms with Crippen LogP contribution in [0, 0.1) is 0 Å². The molecule has 0 radical (unpaired) electrons. The van der Waals surface area contributed by atoms with Gasteiger partial charge in [-0.05, 0) is 30.3 Å². The highest BCUT2D eigenvalue weighted by Crippen LogP contribution is 2.35. The third kappa shape index (κ3) is 4.30. The van der Waals surface area contributed by atoms with Crippen LogP contribution in [0.3, 0.4) is 0 Å². The number of methoxy groups -OCH3 is 1. The second-order valence-corrected chi connectivity index (χ2v) is 8.03. The van der Waals surface area contributed by atoms with Gasteiger partial charge in [0.1, 0.15) is 5.75 Å². The van der Waals surface area contributed by atoms with Crippen LogP contribution in [0.5, 0.6) is 5.75 Å². The lowest BCUT2D eigenvalue weighted by Gasteiger charge is -2.14. The zero-order valence-corrected chi connectivity index (χ0v) is 18.5. The summed E-state index contributed by atoms with van der Waals surface area (Å²) in [6.07, 6.45) is 0.711. The Balaban J connectivity index is 1.80. The number of hydrogen-bond donors (Lipinski definition) is 0. The van der Waals surface area contributed by atoms with Crippen molar-refractivity contribution in [2.45, 2.75) is 24.3 Å². The zero-order chi connectivity index (χ0) is 21.1. The fourth-order valence-corrected chi connectivity index (χ4v) is 3.99. The van der Waals surface area contributed by atoms with Crippen molar-refractivity contribution in [1.29, 1.82) is 0 Å². The summed E-state index contributed by atoms with van der Waals surface area (Å²) in [5.41, 5.74) is 1.53. The van der Waals surface area contributed by atoms with E-state index in [-0.39, 0.29) is 0 Å². The van der Waals surface area contributed by atoms with E-state index in [1.54, 1.807) is 19.2 Å². The molecular weight excluding hydrogens is 445 g/mol. The van der Waals surface area contributed by atoms with Crippen molar-refractivity contribution in [1.82, 2.24) is 24.9 Å². The van der Waals surface area contributed by atoms with Crippen molar-refractivity contribution in [3.63, 3.8) is 0 Å². The highest BCUT2D eigenvalue weighted by molar-refractivity contribution is 7.98. The molecule has 0 aliphatic rings. The molecule has 0 aliphatic heterocycles. The maximum absolute atomic E-state index is 6.29. The van der Waals surface area contributed by atoms with Gasteiger partial charge in [0.05, 0.1) is 18.6 Å². The van der Waals surface area contributed by atoms with E-state index in [9.17, 15) is 0 Å². The van der Waals surface area contributed by atoms with E-state index < -0.39 is 0 Å². The van der Waals surface area contributed by atoms with Crippen LogP contribution in [-0.2, 0) is 12.2 Å². The highest BCUT2D eigenvalue weighted by Gasteiger charge is 2.20. The fraction of sp³-hybridized carbons (Fsp3) is 0.200. The molecule has 0 spiro atoms. The monoisotopic (exact) mass is 461 g/mol. The number of benzene rings is 2. The molecule has 154 valence electrons. The van der Waals surface area contributed by atoms with Crippen LogP contribution in [0.4, 0.5) is 0 Å². The van der Waals surface area contributed by atoms with Crippen LogP contribution in [0.25, 0.3) is 17.1 Å². The van der Waals surface area contributed by atoms with Gasteiger partial charge in [0, 0.05) is 22.0 Å². The van der Waals surface area contributed by atoms with E-state index in [1.807, 2.05) is 41.8 Å². The molecule has 0 saturated carbocycles. The topological polar surface area (TPSA) is 78.9 Å². The summed E-state index contributed by atoms with van der Waals surface area (Å²) < 4.78 is 12.7. The molecule has 4 aromatic rings. The molecule has 4 rings (SSSR count). The van der Waals surface area contributed by atoms with E-state index >= 15 is 0 Å². The van der Waals surface area contributed by atoms with Gasteiger partial charge in [0.15, 0.2) is 16.8 Å². The molecule has 0 N–H and O–H groups in total. The van der Waals surface area contributed by atoms with E-state index in [4.69, 9.17) is 32.5 Å². The van der Waals surface area contributed by atoms with Crippen molar-refractivity contribution >= 4 is 35.0 Å². The molecule has 7 nitrogen and oxygen atoms in total. The van der Waals surface area contributed by atoms with Crippen molar-refractivity contribution < 1.29 is 9.26 Å². The fourth-order valence-electron chi connectivity index (χ4n) is 2.85. The highest BCUT2D eigenvalue weighted by atomic mass is 35.5. The number of halogens is 2. The standard InChI is InChI=1S/C20H17Cl2N5O2S/c1-3-17-23-18(29-26-17)11-30-20-25-24-19(12-5-4-6-13(21)9-12)27(20)15-10-14(22)7-8-16(15)28-2/h4-10H,3,11H2,1-2H3. The molecule has 30 heavy (non-hydrogen) atoms. The summed E-state index contributed by atoms with van der Waals surface area (Å²) in [6, 6.07) is 12.8. The zero-order valence-electron chi connectivity index (χ0n) is 16.2. The summed E-state index contributed by atoms with van der Waals surface area (Å²) in [7, 11) is 1.60. The third-order valence-corrected chi connectivity index (χ3v) is 5.63. The largest absolute Gasteiger partial charge is 0.495 e. The van der Waals surface area contributed by atoms with Crippen LogP contribution in [0.2, 0.25) is 10.0 Å². The van der Waals surface area contributed by atoms with E-state index in [2.05, 4.69) is 20.3 Å². The van der Waals surface area contributed by atoms with Crippen molar-refractivity contribution in [2.24, 2.45) is 0 Å². The summed E-state index contributed by atoms with van der Waals surface area (Å²) in [4.78, 5) is 4.35. The Morgan fingerprint density at radius 3 is 2.67 bits per heavy atom. The van der Waals surface area contributed by atoms with E-state index in [0.717, 1.165) is 5.56 Å². The first-order chi connectivity index (χ1) is 14.6. The lowest BCUT2D eigenvalue weighted by molar-refractivity contribution is 0.385. The molecule has 0 atom stereocenters. The molecule has 0 unspecified atom stereocenters. The second kappa shape index (κ2) is 9.07. The quantitative estimate of drug-likeness (QED) is 0.336. The second-order valence-electron chi connectivity index (χ2n) is 6.21. The Morgan fingerprint density at radius 1 is 1.10 bits per heavy atom. The predicted octanol–water partition coefficient (Wildman–Crippen LogP) is 5.49. The molecule has 0 amide bonds. The minimum Gasteiger partial charge on any atom is -0.495 e. The maximum Gasteiger partial charge on any atom is 0.237 e. The van der Waals surface area contributed by atoms with Crippen molar-refractivity contribution in [2.75, 3.05) is 7.11 Å². The van der Waals surface area contributed by atoms with Gasteiger partial charge in [0.2, 0.25) is 5.89 Å². The predicted molar refractivity (Wildman–Crippen MR) is 117 cm³/mol. The lowest BCUT2D eigenvalue weighted by atomic mass is 10.2. The molecule has 0 saturated heterocycles. The van der Waals surface area contributed by atoms with Crippen LogP contribution in [0.15, 0.2) is 52.1 Å². The molecule has 0 bridgehead atoms. The van der Waals surface area contributed by atoms with Crippen LogP contribution in [-0.4, -0.2) is 32.0 Å². The summed E-state index contributed by atoms with van der Waals surface area (Å²) >= 11 is 13.9. The van der Waals surface area contributed by atoms with Gasteiger partial charge in [-0.15, -0.1) is 10.2 Å². The average Bonchev–Trinajstić information content (AvgIpc) is 3.39. The van der Waals surface area contributed by atoms with Gasteiger partial charge in [-0.2, -0.15) is 4.98 Å². The van der Waals surface area contributed by atoms with Crippen LogP contribution < -0.4 is 4.74 Å². The van der Waals surface area contributed by atoms with E-state index in [1.165, 1.54) is 11.8 Å². The van der Waals surface area contributed by atoms with Gasteiger partial charge in [-0.1, -0.05) is 59.2 Å². The molecule has 0 aliphatic carbocycles.